The van der Waals surface area contributed by atoms with Crippen molar-refractivity contribution in [3.8, 4) is 5.69 Å². The smallest absolute Gasteiger partial charge is 0.0744 e. The number of hydrogen-bond acceptors (Lipinski definition) is 1. The van der Waals surface area contributed by atoms with Gasteiger partial charge in [-0.2, -0.15) is 5.10 Å². The zero-order valence-corrected chi connectivity index (χ0v) is 11.0. The molecule has 17 heavy (non-hydrogen) atoms. The van der Waals surface area contributed by atoms with Crippen molar-refractivity contribution >= 4 is 26.8 Å². The van der Waals surface area contributed by atoms with Gasteiger partial charge in [-0.3, -0.25) is 0 Å². The van der Waals surface area contributed by atoms with Crippen LogP contribution in [0.25, 0.3) is 16.6 Å². The molecule has 0 aliphatic rings. The number of aryl methyl sites for hydroxylation is 1. The van der Waals surface area contributed by atoms with Crippen LogP contribution in [-0.2, 0) is 0 Å². The second-order valence-electron chi connectivity index (χ2n) is 3.99. The van der Waals surface area contributed by atoms with Crippen molar-refractivity contribution in [1.29, 1.82) is 0 Å². The number of benzene rings is 2. The number of para-hydroxylation sites is 1. The van der Waals surface area contributed by atoms with Gasteiger partial charge in [0.15, 0.2) is 0 Å². The Morgan fingerprint density at radius 1 is 1.06 bits per heavy atom. The minimum atomic E-state index is 1.05. The fourth-order valence-electron chi connectivity index (χ4n) is 2.01. The van der Waals surface area contributed by atoms with Gasteiger partial charge in [0, 0.05) is 9.86 Å². The molecular formula is C14H11BrN2. The number of halogens is 1. The molecule has 0 atom stereocenters. The topological polar surface area (TPSA) is 17.8 Å². The van der Waals surface area contributed by atoms with E-state index in [0.717, 1.165) is 21.4 Å². The molecule has 0 saturated heterocycles. The third kappa shape index (κ3) is 1.76. The van der Waals surface area contributed by atoms with Gasteiger partial charge in [0.2, 0.25) is 0 Å². The molecule has 1 aromatic heterocycles. The molecular weight excluding hydrogens is 276 g/mol. The maximum Gasteiger partial charge on any atom is 0.0744 e. The van der Waals surface area contributed by atoms with Gasteiger partial charge < -0.3 is 0 Å². The summed E-state index contributed by atoms with van der Waals surface area (Å²) < 4.78 is 3.07. The van der Waals surface area contributed by atoms with Gasteiger partial charge in [0.25, 0.3) is 0 Å². The second-order valence-corrected chi connectivity index (χ2v) is 4.91. The number of hydrogen-bond donors (Lipinski definition) is 0. The van der Waals surface area contributed by atoms with Crippen molar-refractivity contribution in [3.05, 3.63) is 58.7 Å². The van der Waals surface area contributed by atoms with Gasteiger partial charge in [0.05, 0.1) is 16.9 Å². The predicted molar refractivity (Wildman–Crippen MR) is 73.5 cm³/mol. The molecule has 3 heteroatoms. The summed E-state index contributed by atoms with van der Waals surface area (Å²) in [6.07, 6.45) is 0. The lowest BCUT2D eigenvalue weighted by Gasteiger charge is -2.02. The number of aromatic nitrogens is 2. The molecule has 0 aliphatic carbocycles. The molecule has 0 radical (unpaired) electrons. The molecule has 1 heterocycles. The molecule has 0 unspecified atom stereocenters. The van der Waals surface area contributed by atoms with Gasteiger partial charge >= 0.3 is 0 Å². The molecule has 0 aliphatic heterocycles. The highest BCUT2D eigenvalue weighted by Crippen LogP contribution is 2.24. The van der Waals surface area contributed by atoms with Crippen LogP contribution in [0.3, 0.4) is 0 Å². The van der Waals surface area contributed by atoms with E-state index in [4.69, 9.17) is 0 Å². The molecule has 2 aromatic carbocycles. The molecule has 3 rings (SSSR count). The van der Waals surface area contributed by atoms with Gasteiger partial charge in [-0.05, 0) is 37.3 Å². The first-order chi connectivity index (χ1) is 8.25. The summed E-state index contributed by atoms with van der Waals surface area (Å²) in [6.45, 7) is 2.04. The molecule has 0 fully saturated rings. The van der Waals surface area contributed by atoms with Crippen molar-refractivity contribution in [1.82, 2.24) is 9.78 Å². The first-order valence-electron chi connectivity index (χ1n) is 5.46. The van der Waals surface area contributed by atoms with Crippen LogP contribution in [0.2, 0.25) is 0 Å². The molecule has 2 nitrogen and oxygen atoms in total. The summed E-state index contributed by atoms with van der Waals surface area (Å²) in [5, 5.41) is 5.78. The van der Waals surface area contributed by atoms with Crippen LogP contribution in [-0.4, -0.2) is 9.78 Å². The molecule has 3 aromatic rings. The minimum Gasteiger partial charge on any atom is -0.233 e. The number of nitrogens with zero attached hydrogens (tertiary/aromatic N) is 2. The van der Waals surface area contributed by atoms with Crippen molar-refractivity contribution in [2.45, 2.75) is 6.92 Å². The van der Waals surface area contributed by atoms with Crippen LogP contribution in [0, 0.1) is 6.92 Å². The SMILES string of the molecule is Cc1nn(-c2ccccc2)c2ccc(Br)cc12. The van der Waals surface area contributed by atoms with E-state index < -0.39 is 0 Å². The van der Waals surface area contributed by atoms with E-state index in [9.17, 15) is 0 Å². The van der Waals surface area contributed by atoms with Gasteiger partial charge in [-0.15, -0.1) is 0 Å². The summed E-state index contributed by atoms with van der Waals surface area (Å²) in [7, 11) is 0. The zero-order valence-electron chi connectivity index (χ0n) is 9.39. The third-order valence-corrected chi connectivity index (χ3v) is 3.32. The van der Waals surface area contributed by atoms with Crippen LogP contribution < -0.4 is 0 Å². The summed E-state index contributed by atoms with van der Waals surface area (Å²) in [6, 6.07) is 16.4. The first-order valence-corrected chi connectivity index (χ1v) is 6.25. The Morgan fingerprint density at radius 2 is 1.82 bits per heavy atom. The second kappa shape index (κ2) is 4.00. The highest BCUT2D eigenvalue weighted by molar-refractivity contribution is 9.10. The maximum atomic E-state index is 4.60. The highest BCUT2D eigenvalue weighted by atomic mass is 79.9. The predicted octanol–water partition coefficient (Wildman–Crippen LogP) is 4.10. The fraction of sp³-hybridized carbons (Fsp3) is 0.0714. The van der Waals surface area contributed by atoms with Crippen molar-refractivity contribution in [2.24, 2.45) is 0 Å². The van der Waals surface area contributed by atoms with Crippen LogP contribution >= 0.6 is 15.9 Å². The lowest BCUT2D eigenvalue weighted by molar-refractivity contribution is 0.889. The Balaban J connectivity index is 2.32. The minimum absolute atomic E-state index is 1.05. The lowest BCUT2D eigenvalue weighted by Crippen LogP contribution is -1.95. The Bertz CT molecular complexity index is 671. The van der Waals surface area contributed by atoms with E-state index in [1.165, 1.54) is 5.39 Å². The lowest BCUT2D eigenvalue weighted by atomic mass is 10.2. The summed E-state index contributed by atoms with van der Waals surface area (Å²) in [5.74, 6) is 0. The van der Waals surface area contributed by atoms with Gasteiger partial charge in [0.1, 0.15) is 0 Å². The van der Waals surface area contributed by atoms with Crippen molar-refractivity contribution < 1.29 is 0 Å². The Hall–Kier alpha value is -1.61. The fourth-order valence-corrected chi connectivity index (χ4v) is 2.37. The first kappa shape index (κ1) is 10.5. The monoisotopic (exact) mass is 286 g/mol. The number of rotatable bonds is 1. The van der Waals surface area contributed by atoms with E-state index in [2.05, 4.69) is 45.3 Å². The molecule has 84 valence electrons. The van der Waals surface area contributed by atoms with Crippen LogP contribution in [0.15, 0.2) is 53.0 Å². The largest absolute Gasteiger partial charge is 0.233 e. The molecule has 0 saturated carbocycles. The maximum absolute atomic E-state index is 4.60. The van der Waals surface area contributed by atoms with E-state index >= 15 is 0 Å². The normalized spacial score (nSPS) is 10.9. The molecule has 0 bridgehead atoms. The number of fused-ring (bicyclic) bond motifs is 1. The molecule has 0 spiro atoms. The Labute approximate surface area is 108 Å². The highest BCUT2D eigenvalue weighted by Gasteiger charge is 2.08. The van der Waals surface area contributed by atoms with E-state index in [-0.39, 0.29) is 0 Å². The Kier molecular flexibility index (Phi) is 2.48. The van der Waals surface area contributed by atoms with Gasteiger partial charge in [-0.25, -0.2) is 4.68 Å². The molecule has 0 N–H and O–H groups in total. The zero-order chi connectivity index (χ0) is 11.8. The summed E-state index contributed by atoms with van der Waals surface area (Å²) >= 11 is 3.50. The summed E-state index contributed by atoms with van der Waals surface area (Å²) in [4.78, 5) is 0. The molecule has 0 amide bonds. The third-order valence-electron chi connectivity index (χ3n) is 2.83. The van der Waals surface area contributed by atoms with E-state index in [1.54, 1.807) is 0 Å². The van der Waals surface area contributed by atoms with Crippen molar-refractivity contribution in [2.75, 3.05) is 0 Å². The van der Waals surface area contributed by atoms with Gasteiger partial charge in [-0.1, -0.05) is 34.1 Å². The van der Waals surface area contributed by atoms with Crippen molar-refractivity contribution in [3.63, 3.8) is 0 Å². The van der Waals surface area contributed by atoms with E-state index in [1.807, 2.05) is 35.9 Å². The quantitative estimate of drug-likeness (QED) is 0.659. The van der Waals surface area contributed by atoms with Crippen LogP contribution in [0.5, 0.6) is 0 Å². The standard InChI is InChI=1S/C14H11BrN2/c1-10-13-9-11(15)7-8-14(13)17(16-10)12-5-3-2-4-6-12/h2-9H,1H3. The van der Waals surface area contributed by atoms with Crippen LogP contribution in [0.4, 0.5) is 0 Å². The Morgan fingerprint density at radius 3 is 2.59 bits per heavy atom. The summed E-state index contributed by atoms with van der Waals surface area (Å²) in [5.41, 5.74) is 3.27. The average Bonchev–Trinajstić information content (AvgIpc) is 2.68. The average molecular weight is 287 g/mol. The van der Waals surface area contributed by atoms with E-state index in [0.29, 0.717) is 0 Å². The van der Waals surface area contributed by atoms with Crippen LogP contribution in [0.1, 0.15) is 5.69 Å².